The molecule has 5 nitrogen and oxygen atoms in total. The van der Waals surface area contributed by atoms with Crippen molar-refractivity contribution in [2.24, 2.45) is 0 Å². The van der Waals surface area contributed by atoms with E-state index < -0.39 is 10.0 Å². The fourth-order valence-electron chi connectivity index (χ4n) is 2.66. The molecule has 0 fully saturated rings. The summed E-state index contributed by atoms with van der Waals surface area (Å²) in [5.74, 6) is 0.315. The van der Waals surface area contributed by atoms with Gasteiger partial charge in [-0.25, -0.2) is 8.42 Å². The highest BCUT2D eigenvalue weighted by atomic mass is 79.9. The first-order chi connectivity index (χ1) is 11.3. The molecule has 0 atom stereocenters. The lowest BCUT2D eigenvalue weighted by Gasteiger charge is -2.27. The Bertz CT molecular complexity index is 907. The van der Waals surface area contributed by atoms with Gasteiger partial charge in [-0.1, -0.05) is 17.7 Å². The number of ether oxygens (including phenoxy) is 1. The van der Waals surface area contributed by atoms with Gasteiger partial charge in [-0.2, -0.15) is 4.31 Å². The van der Waals surface area contributed by atoms with Crippen LogP contribution in [0.3, 0.4) is 0 Å². The molecule has 0 N–H and O–H groups in total. The molecule has 2 aromatic rings. The minimum atomic E-state index is -3.72. The van der Waals surface area contributed by atoms with Crippen molar-refractivity contribution in [2.45, 2.75) is 18.4 Å². The Labute approximate surface area is 149 Å². The third kappa shape index (κ3) is 2.99. The van der Waals surface area contributed by atoms with Gasteiger partial charge in [0, 0.05) is 12.1 Å². The van der Waals surface area contributed by atoms with Crippen LogP contribution in [0.1, 0.15) is 21.5 Å². The van der Waals surface area contributed by atoms with Gasteiger partial charge in [0.2, 0.25) is 10.0 Å². The molecule has 1 heterocycles. The fourth-order valence-corrected chi connectivity index (χ4v) is 4.59. The van der Waals surface area contributed by atoms with Crippen LogP contribution in [-0.4, -0.2) is 32.2 Å². The van der Waals surface area contributed by atoms with Crippen molar-refractivity contribution in [3.8, 4) is 5.75 Å². The number of methoxy groups -OCH3 is 1. The van der Waals surface area contributed by atoms with E-state index in [2.05, 4.69) is 15.9 Å². The minimum Gasteiger partial charge on any atom is -0.496 e. The van der Waals surface area contributed by atoms with Crippen molar-refractivity contribution in [3.05, 3.63) is 57.6 Å². The van der Waals surface area contributed by atoms with E-state index in [1.165, 1.54) is 11.4 Å². The summed E-state index contributed by atoms with van der Waals surface area (Å²) in [6.07, 6.45) is 0. The van der Waals surface area contributed by atoms with Crippen LogP contribution < -0.4 is 4.74 Å². The average Bonchev–Trinajstić information content (AvgIpc) is 2.54. The highest BCUT2D eigenvalue weighted by molar-refractivity contribution is 9.10. The number of benzene rings is 2. The maximum Gasteiger partial charge on any atom is 0.243 e. The highest BCUT2D eigenvalue weighted by Gasteiger charge is 2.33. The number of rotatable bonds is 3. The molecule has 3 rings (SSSR count). The molecule has 1 aliphatic rings. The van der Waals surface area contributed by atoms with E-state index in [9.17, 15) is 13.2 Å². The van der Waals surface area contributed by atoms with Crippen LogP contribution in [0.15, 0.2) is 45.8 Å². The van der Waals surface area contributed by atoms with Crippen LogP contribution in [0.4, 0.5) is 0 Å². The van der Waals surface area contributed by atoms with Gasteiger partial charge < -0.3 is 4.74 Å². The van der Waals surface area contributed by atoms with Gasteiger partial charge in [-0.3, -0.25) is 4.79 Å². The third-order valence-electron chi connectivity index (χ3n) is 4.00. The predicted molar refractivity (Wildman–Crippen MR) is 93.8 cm³/mol. The number of halogens is 1. The van der Waals surface area contributed by atoms with Crippen LogP contribution >= 0.6 is 15.9 Å². The summed E-state index contributed by atoms with van der Waals surface area (Å²) in [6, 6.07) is 10.0. The molecule has 0 unspecified atom stereocenters. The van der Waals surface area contributed by atoms with E-state index in [4.69, 9.17) is 4.74 Å². The number of Topliss-reactive ketones (excluding diaryl/α,β-unsaturated/α-hetero) is 1. The molecule has 126 valence electrons. The SMILES string of the molecule is COc1cc2c(cc1Br)CN(S(=O)(=O)c1ccc(C)cc1)CC2=O. The Balaban J connectivity index is 2.00. The Hall–Kier alpha value is -1.70. The number of carbonyl (C=O) groups excluding carboxylic acids is 1. The number of aryl methyl sites for hydroxylation is 1. The molecule has 2 aromatic carbocycles. The Morgan fingerprint density at radius 3 is 2.42 bits per heavy atom. The van der Waals surface area contributed by atoms with Crippen LogP contribution in [-0.2, 0) is 16.6 Å². The molecular formula is C17H16BrNO4S. The zero-order valence-electron chi connectivity index (χ0n) is 13.2. The molecule has 0 amide bonds. The number of ketones is 1. The molecule has 0 radical (unpaired) electrons. The number of nitrogens with zero attached hydrogens (tertiary/aromatic N) is 1. The van der Waals surface area contributed by atoms with Gasteiger partial charge >= 0.3 is 0 Å². The van der Waals surface area contributed by atoms with Crippen molar-refractivity contribution in [1.29, 1.82) is 0 Å². The Kier molecular flexibility index (Phi) is 4.50. The Morgan fingerprint density at radius 2 is 1.79 bits per heavy atom. The summed E-state index contributed by atoms with van der Waals surface area (Å²) in [6.45, 7) is 1.87. The summed E-state index contributed by atoms with van der Waals surface area (Å²) in [4.78, 5) is 12.6. The van der Waals surface area contributed by atoms with Gasteiger partial charge in [0.05, 0.1) is 23.0 Å². The second-order valence-corrected chi connectivity index (χ2v) is 8.45. The van der Waals surface area contributed by atoms with Crippen molar-refractivity contribution in [2.75, 3.05) is 13.7 Å². The number of carbonyl (C=O) groups is 1. The predicted octanol–water partition coefficient (Wildman–Crippen LogP) is 3.15. The maximum atomic E-state index is 12.8. The summed E-state index contributed by atoms with van der Waals surface area (Å²) >= 11 is 3.37. The molecule has 0 saturated heterocycles. The largest absolute Gasteiger partial charge is 0.496 e. The van der Waals surface area contributed by atoms with Gasteiger partial charge in [-0.05, 0) is 52.7 Å². The smallest absolute Gasteiger partial charge is 0.243 e. The second-order valence-electron chi connectivity index (χ2n) is 5.65. The van der Waals surface area contributed by atoms with Crippen LogP contribution in [0.5, 0.6) is 5.75 Å². The molecule has 24 heavy (non-hydrogen) atoms. The minimum absolute atomic E-state index is 0.153. The molecule has 7 heteroatoms. The normalized spacial score (nSPS) is 15.2. The summed E-state index contributed by atoms with van der Waals surface area (Å²) in [5, 5.41) is 0. The first-order valence-electron chi connectivity index (χ1n) is 7.29. The topological polar surface area (TPSA) is 63.7 Å². The third-order valence-corrected chi connectivity index (χ3v) is 6.43. The van der Waals surface area contributed by atoms with E-state index in [-0.39, 0.29) is 23.8 Å². The Morgan fingerprint density at radius 1 is 1.12 bits per heavy atom. The number of sulfonamides is 1. The van der Waals surface area contributed by atoms with E-state index in [0.29, 0.717) is 21.3 Å². The van der Waals surface area contributed by atoms with E-state index >= 15 is 0 Å². The van der Waals surface area contributed by atoms with Crippen molar-refractivity contribution in [1.82, 2.24) is 4.31 Å². The molecule has 0 aliphatic carbocycles. The van der Waals surface area contributed by atoms with Gasteiger partial charge in [-0.15, -0.1) is 0 Å². The number of hydrogen-bond donors (Lipinski definition) is 0. The highest BCUT2D eigenvalue weighted by Crippen LogP contribution is 2.33. The van der Waals surface area contributed by atoms with Crippen molar-refractivity contribution >= 4 is 31.7 Å². The molecule has 0 saturated carbocycles. The standard InChI is InChI=1S/C17H16BrNO4S/c1-11-3-5-13(6-4-11)24(21,22)19-9-12-7-15(18)17(23-2)8-14(12)16(20)10-19/h3-8H,9-10H2,1-2H3. The lowest BCUT2D eigenvalue weighted by Crippen LogP contribution is -2.39. The van der Waals surface area contributed by atoms with E-state index in [0.717, 1.165) is 5.56 Å². The van der Waals surface area contributed by atoms with Gasteiger partial charge in [0.25, 0.3) is 0 Å². The summed E-state index contributed by atoms with van der Waals surface area (Å²) in [7, 11) is -2.20. The van der Waals surface area contributed by atoms with Crippen molar-refractivity contribution in [3.63, 3.8) is 0 Å². The molecule has 1 aliphatic heterocycles. The van der Waals surface area contributed by atoms with Crippen LogP contribution in [0, 0.1) is 6.92 Å². The first kappa shape index (κ1) is 17.1. The van der Waals surface area contributed by atoms with Crippen LogP contribution in [0.25, 0.3) is 0 Å². The zero-order valence-corrected chi connectivity index (χ0v) is 15.6. The average molecular weight is 410 g/mol. The second kappa shape index (κ2) is 6.31. The fraction of sp³-hybridized carbons (Fsp3) is 0.235. The maximum absolute atomic E-state index is 12.8. The number of hydrogen-bond acceptors (Lipinski definition) is 4. The quantitative estimate of drug-likeness (QED) is 0.780. The first-order valence-corrected chi connectivity index (χ1v) is 9.52. The van der Waals surface area contributed by atoms with Crippen molar-refractivity contribution < 1.29 is 17.9 Å². The summed E-state index contributed by atoms with van der Waals surface area (Å²) < 4.78 is 32.7. The molecule has 0 aromatic heterocycles. The zero-order chi connectivity index (χ0) is 17.5. The lowest BCUT2D eigenvalue weighted by molar-refractivity contribution is 0.0949. The van der Waals surface area contributed by atoms with E-state index in [1.54, 1.807) is 36.4 Å². The molecule has 0 spiro atoms. The number of fused-ring (bicyclic) bond motifs is 1. The lowest BCUT2D eigenvalue weighted by atomic mass is 10.00. The monoisotopic (exact) mass is 409 g/mol. The molecular weight excluding hydrogens is 394 g/mol. The van der Waals surface area contributed by atoms with Gasteiger partial charge in [0.15, 0.2) is 5.78 Å². The summed E-state index contributed by atoms with van der Waals surface area (Å²) in [5.41, 5.74) is 2.14. The molecule has 0 bridgehead atoms. The van der Waals surface area contributed by atoms with Crippen LogP contribution in [0.2, 0.25) is 0 Å². The van der Waals surface area contributed by atoms with E-state index in [1.807, 2.05) is 6.92 Å². The van der Waals surface area contributed by atoms with Gasteiger partial charge in [0.1, 0.15) is 5.75 Å².